The Hall–Kier alpha value is -1.35. The number of rotatable bonds is 4. The standard InChI is InChI=1S/C14H20N2O/c15-10-11-16(13-8-4-5-9-13)14(17)12-6-2-1-3-7-12/h1-3,6-7,13H,4-5,8-11,15H2. The quantitative estimate of drug-likeness (QED) is 0.863. The van der Waals surface area contributed by atoms with Gasteiger partial charge in [0.1, 0.15) is 0 Å². The molecule has 2 N–H and O–H groups in total. The lowest BCUT2D eigenvalue weighted by Crippen LogP contribution is -2.41. The van der Waals surface area contributed by atoms with Crippen molar-refractivity contribution in [2.45, 2.75) is 31.7 Å². The van der Waals surface area contributed by atoms with E-state index in [0.717, 1.165) is 18.4 Å². The minimum atomic E-state index is 0.128. The fraction of sp³-hybridized carbons (Fsp3) is 0.500. The van der Waals surface area contributed by atoms with Crippen molar-refractivity contribution in [3.8, 4) is 0 Å². The second-order valence-electron chi connectivity index (χ2n) is 4.59. The third-order valence-electron chi connectivity index (χ3n) is 3.42. The van der Waals surface area contributed by atoms with Gasteiger partial charge in [-0.25, -0.2) is 0 Å². The van der Waals surface area contributed by atoms with E-state index in [4.69, 9.17) is 5.73 Å². The number of carbonyl (C=O) groups excluding carboxylic acids is 1. The Morgan fingerprint density at radius 2 is 1.88 bits per heavy atom. The van der Waals surface area contributed by atoms with Gasteiger partial charge in [0.05, 0.1) is 0 Å². The molecule has 17 heavy (non-hydrogen) atoms. The molecule has 0 bridgehead atoms. The lowest BCUT2D eigenvalue weighted by Gasteiger charge is -2.28. The van der Waals surface area contributed by atoms with E-state index in [0.29, 0.717) is 19.1 Å². The highest BCUT2D eigenvalue weighted by Crippen LogP contribution is 2.24. The Bertz CT molecular complexity index is 358. The molecule has 1 amide bonds. The molecule has 0 saturated heterocycles. The zero-order valence-electron chi connectivity index (χ0n) is 10.1. The van der Waals surface area contributed by atoms with Crippen LogP contribution in [0.4, 0.5) is 0 Å². The fourth-order valence-electron chi connectivity index (χ4n) is 2.55. The molecule has 3 nitrogen and oxygen atoms in total. The molecule has 0 heterocycles. The molecule has 1 aromatic carbocycles. The van der Waals surface area contributed by atoms with Crippen LogP contribution in [0.1, 0.15) is 36.0 Å². The van der Waals surface area contributed by atoms with Gasteiger partial charge in [-0.3, -0.25) is 4.79 Å². The van der Waals surface area contributed by atoms with Crippen LogP contribution in [0.25, 0.3) is 0 Å². The van der Waals surface area contributed by atoms with Gasteiger partial charge in [0, 0.05) is 24.7 Å². The summed E-state index contributed by atoms with van der Waals surface area (Å²) in [7, 11) is 0. The van der Waals surface area contributed by atoms with Crippen LogP contribution in [0.3, 0.4) is 0 Å². The van der Waals surface area contributed by atoms with Crippen molar-refractivity contribution in [3.05, 3.63) is 35.9 Å². The molecule has 1 aliphatic carbocycles. The number of hydrogen-bond donors (Lipinski definition) is 1. The first-order valence-electron chi connectivity index (χ1n) is 6.39. The van der Waals surface area contributed by atoms with Gasteiger partial charge in [0.15, 0.2) is 0 Å². The maximum atomic E-state index is 12.4. The predicted octanol–water partition coefficient (Wildman–Crippen LogP) is 2.03. The van der Waals surface area contributed by atoms with Gasteiger partial charge in [0.2, 0.25) is 0 Å². The Balaban J connectivity index is 2.12. The molecule has 92 valence electrons. The Morgan fingerprint density at radius 3 is 2.47 bits per heavy atom. The van der Waals surface area contributed by atoms with E-state index >= 15 is 0 Å². The third-order valence-corrected chi connectivity index (χ3v) is 3.42. The number of nitrogens with two attached hydrogens (primary N) is 1. The van der Waals surface area contributed by atoms with Crippen molar-refractivity contribution in [2.75, 3.05) is 13.1 Å². The SMILES string of the molecule is NCCN(C(=O)c1ccccc1)C1CCCC1. The molecule has 0 unspecified atom stereocenters. The van der Waals surface area contributed by atoms with Crippen molar-refractivity contribution in [1.82, 2.24) is 4.90 Å². The molecule has 0 aromatic heterocycles. The van der Waals surface area contributed by atoms with Crippen molar-refractivity contribution in [2.24, 2.45) is 5.73 Å². The number of amides is 1. The van der Waals surface area contributed by atoms with Gasteiger partial charge in [-0.2, -0.15) is 0 Å². The average Bonchev–Trinajstić information content (AvgIpc) is 2.90. The van der Waals surface area contributed by atoms with Crippen molar-refractivity contribution in [3.63, 3.8) is 0 Å². The Labute approximate surface area is 103 Å². The number of nitrogens with zero attached hydrogens (tertiary/aromatic N) is 1. The van der Waals surface area contributed by atoms with E-state index in [-0.39, 0.29) is 5.91 Å². The summed E-state index contributed by atoms with van der Waals surface area (Å²) in [6, 6.07) is 9.89. The first-order chi connectivity index (χ1) is 8.33. The van der Waals surface area contributed by atoms with Crippen LogP contribution in [-0.4, -0.2) is 29.9 Å². The van der Waals surface area contributed by atoms with E-state index < -0.39 is 0 Å². The zero-order valence-corrected chi connectivity index (χ0v) is 10.1. The van der Waals surface area contributed by atoms with Crippen LogP contribution in [0.5, 0.6) is 0 Å². The smallest absolute Gasteiger partial charge is 0.254 e. The minimum Gasteiger partial charge on any atom is -0.334 e. The molecule has 1 saturated carbocycles. The molecular weight excluding hydrogens is 212 g/mol. The molecule has 0 radical (unpaired) electrons. The molecule has 0 atom stereocenters. The van der Waals surface area contributed by atoms with Crippen molar-refractivity contribution in [1.29, 1.82) is 0 Å². The first-order valence-corrected chi connectivity index (χ1v) is 6.39. The van der Waals surface area contributed by atoms with Crippen molar-refractivity contribution < 1.29 is 4.79 Å². The summed E-state index contributed by atoms with van der Waals surface area (Å²) in [4.78, 5) is 14.4. The van der Waals surface area contributed by atoms with E-state index in [9.17, 15) is 4.79 Å². The molecule has 1 fully saturated rings. The summed E-state index contributed by atoms with van der Waals surface area (Å²) in [5.41, 5.74) is 6.39. The largest absolute Gasteiger partial charge is 0.334 e. The first kappa shape index (κ1) is 12.1. The summed E-state index contributed by atoms with van der Waals surface area (Å²) in [6.45, 7) is 1.20. The molecule has 0 spiro atoms. The van der Waals surface area contributed by atoms with E-state index in [1.54, 1.807) is 0 Å². The molecule has 2 rings (SSSR count). The summed E-state index contributed by atoms with van der Waals surface area (Å²) in [5, 5.41) is 0. The van der Waals surface area contributed by atoms with Gasteiger partial charge < -0.3 is 10.6 Å². The van der Waals surface area contributed by atoms with E-state index in [1.807, 2.05) is 35.2 Å². The highest BCUT2D eigenvalue weighted by molar-refractivity contribution is 5.94. The van der Waals surface area contributed by atoms with Crippen molar-refractivity contribution >= 4 is 5.91 Å². The second-order valence-corrected chi connectivity index (χ2v) is 4.59. The molecular formula is C14H20N2O. The van der Waals surface area contributed by atoms with Gasteiger partial charge >= 0.3 is 0 Å². The van der Waals surface area contributed by atoms with Crippen LogP contribution < -0.4 is 5.73 Å². The van der Waals surface area contributed by atoms with Gasteiger partial charge in [-0.1, -0.05) is 31.0 Å². The van der Waals surface area contributed by atoms with Gasteiger partial charge in [0.25, 0.3) is 5.91 Å². The Morgan fingerprint density at radius 1 is 1.24 bits per heavy atom. The van der Waals surface area contributed by atoms with Crippen LogP contribution >= 0.6 is 0 Å². The zero-order chi connectivity index (χ0) is 12.1. The number of hydrogen-bond acceptors (Lipinski definition) is 2. The van der Waals surface area contributed by atoms with E-state index in [1.165, 1.54) is 12.8 Å². The summed E-state index contributed by atoms with van der Waals surface area (Å²) < 4.78 is 0. The molecule has 0 aliphatic heterocycles. The number of benzene rings is 1. The summed E-state index contributed by atoms with van der Waals surface area (Å²) in [6.07, 6.45) is 4.71. The summed E-state index contributed by atoms with van der Waals surface area (Å²) in [5.74, 6) is 0.128. The predicted molar refractivity (Wildman–Crippen MR) is 68.8 cm³/mol. The normalized spacial score (nSPS) is 16.1. The summed E-state index contributed by atoms with van der Waals surface area (Å²) >= 11 is 0. The lowest BCUT2D eigenvalue weighted by atomic mass is 10.1. The maximum absolute atomic E-state index is 12.4. The average molecular weight is 232 g/mol. The minimum absolute atomic E-state index is 0.128. The van der Waals surface area contributed by atoms with Crippen LogP contribution in [0, 0.1) is 0 Å². The molecule has 1 aliphatic rings. The van der Waals surface area contributed by atoms with Crippen LogP contribution in [0.2, 0.25) is 0 Å². The van der Waals surface area contributed by atoms with Gasteiger partial charge in [-0.05, 0) is 25.0 Å². The third kappa shape index (κ3) is 2.86. The number of carbonyl (C=O) groups is 1. The fourth-order valence-corrected chi connectivity index (χ4v) is 2.55. The van der Waals surface area contributed by atoms with E-state index in [2.05, 4.69) is 0 Å². The van der Waals surface area contributed by atoms with Gasteiger partial charge in [-0.15, -0.1) is 0 Å². The lowest BCUT2D eigenvalue weighted by molar-refractivity contribution is 0.0688. The van der Waals surface area contributed by atoms with Crippen LogP contribution in [0.15, 0.2) is 30.3 Å². The topological polar surface area (TPSA) is 46.3 Å². The molecule has 1 aromatic rings. The second kappa shape index (κ2) is 5.82. The highest BCUT2D eigenvalue weighted by Gasteiger charge is 2.26. The Kier molecular flexibility index (Phi) is 4.15. The highest BCUT2D eigenvalue weighted by atomic mass is 16.2. The maximum Gasteiger partial charge on any atom is 0.254 e. The van der Waals surface area contributed by atoms with Crippen LogP contribution in [-0.2, 0) is 0 Å². The molecule has 3 heteroatoms. The monoisotopic (exact) mass is 232 g/mol.